The molecule has 0 bridgehead atoms. The lowest BCUT2D eigenvalue weighted by Gasteiger charge is -2.22. The quantitative estimate of drug-likeness (QED) is 0.865. The van der Waals surface area contributed by atoms with Crippen molar-refractivity contribution < 1.29 is 9.21 Å². The summed E-state index contributed by atoms with van der Waals surface area (Å²) < 4.78 is 7.70. The van der Waals surface area contributed by atoms with E-state index in [9.17, 15) is 4.79 Å². The van der Waals surface area contributed by atoms with Gasteiger partial charge in [0, 0.05) is 25.7 Å². The number of imidazole rings is 1. The predicted molar refractivity (Wildman–Crippen MR) is 91.6 cm³/mol. The molecule has 0 unspecified atom stereocenters. The zero-order valence-corrected chi connectivity index (χ0v) is 15.0. The van der Waals surface area contributed by atoms with E-state index in [0.29, 0.717) is 18.3 Å². The van der Waals surface area contributed by atoms with E-state index < -0.39 is 0 Å². The third kappa shape index (κ3) is 3.38. The zero-order valence-electron chi connectivity index (χ0n) is 15.0. The normalized spacial score (nSPS) is 15.0. The molecule has 0 radical (unpaired) electrons. The van der Waals surface area contributed by atoms with Crippen molar-refractivity contribution in [2.45, 2.75) is 52.9 Å². The van der Waals surface area contributed by atoms with Gasteiger partial charge in [0.1, 0.15) is 5.76 Å². The van der Waals surface area contributed by atoms with Crippen molar-refractivity contribution in [2.24, 2.45) is 0 Å². The van der Waals surface area contributed by atoms with Gasteiger partial charge in [0.15, 0.2) is 5.76 Å². The Bertz CT molecular complexity index is 716. The van der Waals surface area contributed by atoms with Gasteiger partial charge in [-0.15, -0.1) is 0 Å². The molecule has 0 N–H and O–H groups in total. The second kappa shape index (κ2) is 6.81. The van der Waals surface area contributed by atoms with E-state index in [2.05, 4.69) is 35.3 Å². The van der Waals surface area contributed by atoms with E-state index in [-0.39, 0.29) is 5.91 Å². The second-order valence-corrected chi connectivity index (χ2v) is 6.83. The van der Waals surface area contributed by atoms with Crippen LogP contribution in [0.4, 0.5) is 0 Å². The summed E-state index contributed by atoms with van der Waals surface area (Å²) in [4.78, 5) is 21.5. The average Bonchev–Trinajstić information content (AvgIpc) is 3.06. The first-order valence-electron chi connectivity index (χ1n) is 8.54. The monoisotopic (exact) mass is 330 g/mol. The maximum atomic E-state index is 12.7. The van der Waals surface area contributed by atoms with Crippen LogP contribution in [0.5, 0.6) is 0 Å². The van der Waals surface area contributed by atoms with Crippen molar-refractivity contribution in [3.63, 3.8) is 0 Å². The van der Waals surface area contributed by atoms with Gasteiger partial charge in [-0.1, -0.05) is 0 Å². The molecular weight excluding hydrogens is 304 g/mol. The minimum atomic E-state index is -0.0408. The van der Waals surface area contributed by atoms with Gasteiger partial charge in [-0.3, -0.25) is 9.69 Å². The molecule has 2 aromatic heterocycles. The summed E-state index contributed by atoms with van der Waals surface area (Å²) in [6, 6.07) is 4.04. The largest absolute Gasteiger partial charge is 0.456 e. The third-order valence-corrected chi connectivity index (χ3v) is 4.72. The predicted octanol–water partition coefficient (Wildman–Crippen LogP) is 2.67. The Hall–Kier alpha value is -2.08. The van der Waals surface area contributed by atoms with Crippen molar-refractivity contribution in [1.29, 1.82) is 0 Å². The maximum Gasteiger partial charge on any atom is 0.289 e. The van der Waals surface area contributed by atoms with Crippen LogP contribution in [0.3, 0.4) is 0 Å². The molecule has 6 nitrogen and oxygen atoms in total. The van der Waals surface area contributed by atoms with Crippen molar-refractivity contribution in [3.8, 4) is 0 Å². The van der Waals surface area contributed by atoms with Crippen LogP contribution in [0.25, 0.3) is 0 Å². The van der Waals surface area contributed by atoms with Crippen LogP contribution in [0, 0.1) is 6.92 Å². The highest BCUT2D eigenvalue weighted by Crippen LogP contribution is 2.20. The van der Waals surface area contributed by atoms with Crippen molar-refractivity contribution in [2.75, 3.05) is 13.6 Å². The Morgan fingerprint density at radius 2 is 2.17 bits per heavy atom. The number of carbonyl (C=O) groups is 1. The standard InChI is InChI=1S/C18H26N4O2/c1-13(2)20(4)10-15-16-11-21(8-5-9-22(16)12-19-15)18(23)17-7-6-14(3)24-17/h6-7,12-13H,5,8-11H2,1-4H3. The minimum Gasteiger partial charge on any atom is -0.456 e. The summed E-state index contributed by atoms with van der Waals surface area (Å²) in [5, 5.41) is 0. The van der Waals surface area contributed by atoms with Gasteiger partial charge in [-0.2, -0.15) is 0 Å². The lowest BCUT2D eigenvalue weighted by atomic mass is 10.2. The average molecular weight is 330 g/mol. The Morgan fingerprint density at radius 3 is 2.83 bits per heavy atom. The molecule has 1 amide bonds. The first-order chi connectivity index (χ1) is 11.5. The topological polar surface area (TPSA) is 54.5 Å². The highest BCUT2D eigenvalue weighted by molar-refractivity contribution is 5.91. The highest BCUT2D eigenvalue weighted by atomic mass is 16.3. The molecule has 0 saturated heterocycles. The lowest BCUT2D eigenvalue weighted by molar-refractivity contribution is 0.0711. The van der Waals surface area contributed by atoms with Crippen LogP contribution in [0.1, 0.15) is 48.0 Å². The Labute approximate surface area is 143 Å². The number of furan rings is 1. The van der Waals surface area contributed by atoms with Crippen LogP contribution in [0.15, 0.2) is 22.9 Å². The Kier molecular flexibility index (Phi) is 4.76. The van der Waals surface area contributed by atoms with E-state index in [4.69, 9.17) is 4.42 Å². The van der Waals surface area contributed by atoms with Gasteiger partial charge in [-0.05, 0) is 46.4 Å². The summed E-state index contributed by atoms with van der Waals surface area (Å²) in [6.07, 6.45) is 2.83. The van der Waals surface area contributed by atoms with E-state index in [1.807, 2.05) is 24.2 Å². The van der Waals surface area contributed by atoms with E-state index >= 15 is 0 Å². The third-order valence-electron chi connectivity index (χ3n) is 4.72. The summed E-state index contributed by atoms with van der Waals surface area (Å²) in [5.74, 6) is 1.14. The molecule has 2 aromatic rings. The number of aryl methyl sites for hydroxylation is 2. The van der Waals surface area contributed by atoms with Gasteiger partial charge < -0.3 is 13.9 Å². The zero-order chi connectivity index (χ0) is 17.3. The molecule has 0 aromatic carbocycles. The number of aromatic nitrogens is 2. The molecule has 1 aliphatic heterocycles. The highest BCUT2D eigenvalue weighted by Gasteiger charge is 2.25. The summed E-state index contributed by atoms with van der Waals surface area (Å²) in [6.45, 7) is 9.21. The number of carbonyl (C=O) groups excluding carboxylic acids is 1. The number of hydrogen-bond acceptors (Lipinski definition) is 4. The molecule has 3 rings (SSSR count). The second-order valence-electron chi connectivity index (χ2n) is 6.83. The number of nitrogens with zero attached hydrogens (tertiary/aromatic N) is 4. The molecule has 1 aliphatic rings. The van der Waals surface area contributed by atoms with Crippen LogP contribution >= 0.6 is 0 Å². The van der Waals surface area contributed by atoms with Crippen LogP contribution in [-0.2, 0) is 19.6 Å². The maximum absolute atomic E-state index is 12.7. The number of rotatable bonds is 4. The molecule has 3 heterocycles. The Morgan fingerprint density at radius 1 is 1.38 bits per heavy atom. The van der Waals surface area contributed by atoms with Gasteiger partial charge in [0.25, 0.3) is 5.91 Å². The SMILES string of the molecule is Cc1ccc(C(=O)N2CCCn3cnc(CN(C)C(C)C)c3C2)o1. The first-order valence-corrected chi connectivity index (χ1v) is 8.54. The fourth-order valence-electron chi connectivity index (χ4n) is 2.95. The van der Waals surface area contributed by atoms with Crippen LogP contribution in [0.2, 0.25) is 0 Å². The van der Waals surface area contributed by atoms with E-state index in [1.165, 1.54) is 0 Å². The molecule has 24 heavy (non-hydrogen) atoms. The van der Waals surface area contributed by atoms with Gasteiger partial charge >= 0.3 is 0 Å². The van der Waals surface area contributed by atoms with Crippen molar-refractivity contribution in [1.82, 2.24) is 19.4 Å². The van der Waals surface area contributed by atoms with Crippen molar-refractivity contribution >= 4 is 5.91 Å². The van der Waals surface area contributed by atoms with Crippen LogP contribution in [-0.4, -0.2) is 44.9 Å². The van der Waals surface area contributed by atoms with Gasteiger partial charge in [0.2, 0.25) is 0 Å². The smallest absolute Gasteiger partial charge is 0.289 e. The molecular formula is C18H26N4O2. The molecule has 6 heteroatoms. The van der Waals surface area contributed by atoms with Gasteiger partial charge in [-0.25, -0.2) is 4.98 Å². The molecule has 0 saturated carbocycles. The Balaban J connectivity index is 1.81. The summed E-state index contributed by atoms with van der Waals surface area (Å²) in [5.41, 5.74) is 2.19. The number of hydrogen-bond donors (Lipinski definition) is 0. The fraction of sp³-hybridized carbons (Fsp3) is 0.556. The molecule has 130 valence electrons. The molecule has 0 fully saturated rings. The molecule has 0 atom stereocenters. The lowest BCUT2D eigenvalue weighted by Crippen LogP contribution is -2.31. The minimum absolute atomic E-state index is 0.0408. The summed E-state index contributed by atoms with van der Waals surface area (Å²) in [7, 11) is 2.10. The number of fused-ring (bicyclic) bond motifs is 1. The van der Waals surface area contributed by atoms with Crippen molar-refractivity contribution in [3.05, 3.63) is 41.4 Å². The fourth-order valence-corrected chi connectivity index (χ4v) is 2.95. The van der Waals surface area contributed by atoms with E-state index in [0.717, 1.165) is 43.2 Å². The molecule has 0 spiro atoms. The number of amides is 1. The van der Waals surface area contributed by atoms with E-state index in [1.54, 1.807) is 6.07 Å². The molecule has 0 aliphatic carbocycles. The van der Waals surface area contributed by atoms with Gasteiger partial charge in [0.05, 0.1) is 24.3 Å². The summed E-state index contributed by atoms with van der Waals surface area (Å²) >= 11 is 0. The first kappa shape index (κ1) is 16.8. The van der Waals surface area contributed by atoms with Crippen LogP contribution < -0.4 is 0 Å².